The van der Waals surface area contributed by atoms with Gasteiger partial charge in [0.1, 0.15) is 17.6 Å². The van der Waals surface area contributed by atoms with Crippen molar-refractivity contribution in [3.63, 3.8) is 0 Å². The van der Waals surface area contributed by atoms with Gasteiger partial charge in [0.25, 0.3) is 5.91 Å². The molecule has 0 saturated heterocycles. The first-order chi connectivity index (χ1) is 13.7. The number of hydrogen-bond acceptors (Lipinski definition) is 3. The minimum absolute atomic E-state index is 0.0195. The van der Waals surface area contributed by atoms with Crippen LogP contribution in [0.3, 0.4) is 0 Å². The monoisotopic (exact) mass is 400 g/mol. The summed E-state index contributed by atoms with van der Waals surface area (Å²) in [7, 11) is 0. The van der Waals surface area contributed by atoms with Crippen molar-refractivity contribution < 1.29 is 18.7 Å². The van der Waals surface area contributed by atoms with Crippen molar-refractivity contribution in [2.75, 3.05) is 6.61 Å². The van der Waals surface area contributed by atoms with Crippen molar-refractivity contribution in [3.05, 3.63) is 65.0 Å². The van der Waals surface area contributed by atoms with Crippen LogP contribution in [-0.4, -0.2) is 35.4 Å². The molecule has 2 aromatic carbocycles. The minimum atomic E-state index is -0.772. The first-order valence-corrected chi connectivity index (χ1v) is 9.72. The van der Waals surface area contributed by atoms with E-state index >= 15 is 0 Å². The van der Waals surface area contributed by atoms with Gasteiger partial charge >= 0.3 is 0 Å². The molecule has 6 heteroatoms. The lowest BCUT2D eigenvalue weighted by molar-refractivity contribution is -0.142. The zero-order chi connectivity index (χ0) is 21.6. The van der Waals surface area contributed by atoms with Gasteiger partial charge in [0.15, 0.2) is 6.61 Å². The average Bonchev–Trinajstić information content (AvgIpc) is 2.66. The minimum Gasteiger partial charge on any atom is -0.483 e. The molecule has 0 saturated carbocycles. The van der Waals surface area contributed by atoms with E-state index in [1.54, 1.807) is 25.1 Å². The lowest BCUT2D eigenvalue weighted by atomic mass is 10.1. The molecule has 0 unspecified atom stereocenters. The van der Waals surface area contributed by atoms with E-state index in [-0.39, 0.29) is 31.0 Å². The molecule has 5 nitrogen and oxygen atoms in total. The Morgan fingerprint density at radius 3 is 2.45 bits per heavy atom. The first kappa shape index (κ1) is 22.4. The van der Waals surface area contributed by atoms with Gasteiger partial charge in [-0.1, -0.05) is 30.3 Å². The molecule has 0 radical (unpaired) electrons. The summed E-state index contributed by atoms with van der Waals surface area (Å²) >= 11 is 0. The van der Waals surface area contributed by atoms with Gasteiger partial charge in [-0.05, 0) is 57.9 Å². The van der Waals surface area contributed by atoms with Gasteiger partial charge in [-0.3, -0.25) is 9.59 Å². The van der Waals surface area contributed by atoms with Gasteiger partial charge in [0, 0.05) is 18.2 Å². The molecular weight excluding hydrogens is 371 g/mol. The third-order valence-corrected chi connectivity index (χ3v) is 4.59. The maximum atomic E-state index is 14.2. The molecular formula is C23H29FN2O3. The fraction of sp³-hybridized carbons (Fsp3) is 0.391. The fourth-order valence-corrected chi connectivity index (χ4v) is 2.88. The Bertz CT molecular complexity index is 867. The molecule has 0 aliphatic heterocycles. The molecule has 29 heavy (non-hydrogen) atoms. The maximum absolute atomic E-state index is 14.2. The van der Waals surface area contributed by atoms with E-state index in [0.29, 0.717) is 11.3 Å². The van der Waals surface area contributed by atoms with E-state index in [4.69, 9.17) is 4.74 Å². The van der Waals surface area contributed by atoms with Gasteiger partial charge in [0.2, 0.25) is 5.91 Å². The van der Waals surface area contributed by atoms with Crippen LogP contribution < -0.4 is 10.1 Å². The molecule has 156 valence electrons. The van der Waals surface area contributed by atoms with E-state index in [1.807, 2.05) is 45.9 Å². The third-order valence-electron chi connectivity index (χ3n) is 4.59. The molecule has 0 spiro atoms. The van der Waals surface area contributed by atoms with Crippen LogP contribution in [0, 0.1) is 19.7 Å². The molecule has 2 rings (SSSR count). The maximum Gasteiger partial charge on any atom is 0.261 e. The van der Waals surface area contributed by atoms with Crippen LogP contribution in [0.2, 0.25) is 0 Å². The summed E-state index contributed by atoms with van der Waals surface area (Å²) in [5.74, 6) is -0.488. The Kier molecular flexibility index (Phi) is 7.76. The van der Waals surface area contributed by atoms with Crippen LogP contribution in [0.25, 0.3) is 0 Å². The normalized spacial score (nSPS) is 11.8. The second-order valence-corrected chi connectivity index (χ2v) is 7.51. The van der Waals surface area contributed by atoms with Crippen molar-refractivity contribution in [2.24, 2.45) is 0 Å². The van der Waals surface area contributed by atoms with E-state index in [1.165, 1.54) is 11.0 Å². The Hall–Kier alpha value is -2.89. The van der Waals surface area contributed by atoms with Crippen LogP contribution in [0.4, 0.5) is 4.39 Å². The molecule has 0 aliphatic carbocycles. The SMILES string of the molecule is Cc1ccc(C)c(OCC(=O)N(Cc2ccccc2F)[C@@H](C)C(=O)NC(C)C)c1. The van der Waals surface area contributed by atoms with Gasteiger partial charge in [0.05, 0.1) is 0 Å². The summed E-state index contributed by atoms with van der Waals surface area (Å²) in [6.45, 7) is 8.90. The summed E-state index contributed by atoms with van der Waals surface area (Å²) in [5.41, 5.74) is 2.28. The fourth-order valence-electron chi connectivity index (χ4n) is 2.88. The van der Waals surface area contributed by atoms with Crippen LogP contribution in [0.5, 0.6) is 5.75 Å². The number of carbonyl (C=O) groups excluding carboxylic acids is 2. The zero-order valence-corrected chi connectivity index (χ0v) is 17.7. The number of amides is 2. The number of halogens is 1. The second kappa shape index (κ2) is 10.0. The summed E-state index contributed by atoms with van der Waals surface area (Å²) < 4.78 is 19.9. The Labute approximate surface area is 171 Å². The van der Waals surface area contributed by atoms with Gasteiger partial charge < -0.3 is 15.0 Å². The number of benzene rings is 2. The molecule has 0 fully saturated rings. The number of nitrogens with zero attached hydrogens (tertiary/aromatic N) is 1. The number of rotatable bonds is 8. The van der Waals surface area contributed by atoms with Crippen LogP contribution in [0.1, 0.15) is 37.5 Å². The molecule has 1 atom stereocenters. The molecule has 0 aromatic heterocycles. The van der Waals surface area contributed by atoms with Crippen molar-refractivity contribution in [3.8, 4) is 5.75 Å². The zero-order valence-electron chi connectivity index (χ0n) is 17.7. The van der Waals surface area contributed by atoms with Gasteiger partial charge in [-0.15, -0.1) is 0 Å². The predicted molar refractivity (Wildman–Crippen MR) is 111 cm³/mol. The number of carbonyl (C=O) groups is 2. The molecule has 0 bridgehead atoms. The highest BCUT2D eigenvalue weighted by Gasteiger charge is 2.27. The van der Waals surface area contributed by atoms with Gasteiger partial charge in [-0.25, -0.2) is 4.39 Å². The van der Waals surface area contributed by atoms with Crippen LogP contribution in [-0.2, 0) is 16.1 Å². The van der Waals surface area contributed by atoms with E-state index in [0.717, 1.165) is 11.1 Å². The number of nitrogens with one attached hydrogen (secondary N) is 1. The van der Waals surface area contributed by atoms with Crippen LogP contribution >= 0.6 is 0 Å². The largest absolute Gasteiger partial charge is 0.483 e. The van der Waals surface area contributed by atoms with Crippen molar-refractivity contribution in [1.29, 1.82) is 0 Å². The first-order valence-electron chi connectivity index (χ1n) is 9.72. The lowest BCUT2D eigenvalue weighted by Gasteiger charge is -2.29. The third kappa shape index (κ3) is 6.31. The van der Waals surface area contributed by atoms with E-state index in [2.05, 4.69) is 5.32 Å². The highest BCUT2D eigenvalue weighted by atomic mass is 19.1. The van der Waals surface area contributed by atoms with Gasteiger partial charge in [-0.2, -0.15) is 0 Å². The van der Waals surface area contributed by atoms with E-state index < -0.39 is 11.9 Å². The number of hydrogen-bond donors (Lipinski definition) is 1. The van der Waals surface area contributed by atoms with Crippen molar-refractivity contribution in [2.45, 2.75) is 53.2 Å². The molecule has 0 aliphatic rings. The Morgan fingerprint density at radius 2 is 1.79 bits per heavy atom. The molecule has 2 aromatic rings. The highest BCUT2D eigenvalue weighted by Crippen LogP contribution is 2.20. The Morgan fingerprint density at radius 1 is 1.10 bits per heavy atom. The average molecular weight is 400 g/mol. The topological polar surface area (TPSA) is 58.6 Å². The van der Waals surface area contributed by atoms with E-state index in [9.17, 15) is 14.0 Å². The summed E-state index contributed by atoms with van der Waals surface area (Å²) in [6, 6.07) is 11.1. The number of aryl methyl sites for hydroxylation is 2. The van der Waals surface area contributed by atoms with Crippen molar-refractivity contribution in [1.82, 2.24) is 10.2 Å². The lowest BCUT2D eigenvalue weighted by Crippen LogP contribution is -2.50. The molecule has 2 amide bonds. The number of ether oxygens (including phenoxy) is 1. The predicted octanol–water partition coefficient (Wildman–Crippen LogP) is 3.76. The molecule has 1 N–H and O–H groups in total. The Balaban J connectivity index is 2.20. The smallest absolute Gasteiger partial charge is 0.261 e. The van der Waals surface area contributed by atoms with Crippen molar-refractivity contribution >= 4 is 11.8 Å². The summed E-state index contributed by atoms with van der Waals surface area (Å²) in [5, 5.41) is 2.80. The van der Waals surface area contributed by atoms with Crippen LogP contribution in [0.15, 0.2) is 42.5 Å². The summed E-state index contributed by atoms with van der Waals surface area (Å²) in [4.78, 5) is 26.8. The highest BCUT2D eigenvalue weighted by molar-refractivity contribution is 5.88. The second-order valence-electron chi connectivity index (χ2n) is 7.51. The summed E-state index contributed by atoms with van der Waals surface area (Å²) in [6.07, 6.45) is 0. The standard InChI is InChI=1S/C23H29FN2O3/c1-15(2)25-23(28)18(5)26(13-19-8-6-7-9-20(19)24)22(27)14-29-21-12-16(3)10-11-17(21)4/h6-12,15,18H,13-14H2,1-5H3,(H,25,28)/t18-/m0/s1. The molecule has 0 heterocycles. The quantitative estimate of drug-likeness (QED) is 0.734.